The minimum atomic E-state index is 0.256. The molecule has 3 aliphatic rings. The Balaban J connectivity index is 1.46. The number of ether oxygens (including phenoxy) is 2. The van der Waals surface area contributed by atoms with Crippen molar-refractivity contribution in [3.05, 3.63) is 17.7 Å². The van der Waals surface area contributed by atoms with E-state index >= 15 is 0 Å². The van der Waals surface area contributed by atoms with Gasteiger partial charge in [-0.05, 0) is 37.3 Å². The van der Waals surface area contributed by atoms with Gasteiger partial charge in [-0.25, -0.2) is 0 Å². The molecule has 4 heteroatoms. The van der Waals surface area contributed by atoms with Crippen molar-refractivity contribution in [1.29, 1.82) is 0 Å². The van der Waals surface area contributed by atoms with Gasteiger partial charge in [0.25, 0.3) is 0 Å². The average Bonchev–Trinajstić information content (AvgIpc) is 2.94. The first-order valence-corrected chi connectivity index (χ1v) is 8.13. The summed E-state index contributed by atoms with van der Waals surface area (Å²) in [4.78, 5) is 2.49. The van der Waals surface area contributed by atoms with Gasteiger partial charge >= 0.3 is 0 Å². The summed E-state index contributed by atoms with van der Waals surface area (Å²) in [6.45, 7) is 3.39. The smallest absolute Gasteiger partial charge is 0.231 e. The van der Waals surface area contributed by atoms with Gasteiger partial charge in [-0.3, -0.25) is 4.90 Å². The Labute approximate surface area is 125 Å². The van der Waals surface area contributed by atoms with E-state index in [2.05, 4.69) is 4.90 Å². The van der Waals surface area contributed by atoms with Crippen LogP contribution >= 0.6 is 0 Å². The molecule has 2 atom stereocenters. The molecule has 4 nitrogen and oxygen atoms in total. The molecule has 1 saturated carbocycles. The number of nitrogens with zero attached hydrogens (tertiary/aromatic N) is 1. The lowest BCUT2D eigenvalue weighted by Gasteiger charge is -2.41. The van der Waals surface area contributed by atoms with Crippen LogP contribution in [0.15, 0.2) is 12.1 Å². The van der Waals surface area contributed by atoms with Crippen molar-refractivity contribution in [2.75, 3.05) is 19.9 Å². The fraction of sp³-hybridized carbons (Fsp3) is 0.647. The van der Waals surface area contributed by atoms with E-state index in [1.165, 1.54) is 38.6 Å². The van der Waals surface area contributed by atoms with E-state index in [0.29, 0.717) is 11.5 Å². The molecule has 0 aromatic heterocycles. The van der Waals surface area contributed by atoms with Crippen LogP contribution in [0.3, 0.4) is 0 Å². The Bertz CT molecular complexity index is 531. The molecule has 0 spiro atoms. The van der Waals surface area contributed by atoms with Crippen molar-refractivity contribution in [2.45, 2.75) is 38.6 Å². The van der Waals surface area contributed by atoms with Crippen molar-refractivity contribution in [2.24, 2.45) is 11.8 Å². The van der Waals surface area contributed by atoms with Gasteiger partial charge in [0, 0.05) is 24.7 Å². The predicted octanol–water partition coefficient (Wildman–Crippen LogP) is 3.13. The van der Waals surface area contributed by atoms with Crippen LogP contribution in [-0.2, 0) is 6.54 Å². The highest BCUT2D eigenvalue weighted by Gasteiger charge is 2.31. The number of likely N-dealkylation sites (tertiary alicyclic amines) is 1. The second kappa shape index (κ2) is 5.41. The van der Waals surface area contributed by atoms with Crippen molar-refractivity contribution in [1.82, 2.24) is 4.90 Å². The zero-order valence-corrected chi connectivity index (χ0v) is 12.4. The SMILES string of the molecule is Oc1cc2c(cc1CN1CCC3CCCCC3C1)OCO2. The summed E-state index contributed by atoms with van der Waals surface area (Å²) in [7, 11) is 0. The molecule has 0 bridgehead atoms. The number of piperidine rings is 1. The van der Waals surface area contributed by atoms with Crippen molar-refractivity contribution in [3.63, 3.8) is 0 Å². The van der Waals surface area contributed by atoms with Gasteiger partial charge < -0.3 is 14.6 Å². The molecule has 2 unspecified atom stereocenters. The average molecular weight is 289 g/mol. The van der Waals surface area contributed by atoms with Gasteiger partial charge in [-0.1, -0.05) is 19.3 Å². The van der Waals surface area contributed by atoms with E-state index < -0.39 is 0 Å². The minimum absolute atomic E-state index is 0.256. The van der Waals surface area contributed by atoms with Crippen LogP contribution in [0, 0.1) is 11.8 Å². The first kappa shape index (κ1) is 13.3. The molecule has 2 aliphatic heterocycles. The van der Waals surface area contributed by atoms with E-state index in [1.807, 2.05) is 6.07 Å². The van der Waals surface area contributed by atoms with E-state index in [1.54, 1.807) is 6.07 Å². The molecular weight excluding hydrogens is 266 g/mol. The number of hydrogen-bond donors (Lipinski definition) is 1. The molecule has 1 aliphatic carbocycles. The second-order valence-corrected chi connectivity index (χ2v) is 6.66. The standard InChI is InChI=1S/C17H23NO3/c19-15-8-17-16(20-11-21-17)7-14(15)10-18-6-5-12-3-1-2-4-13(12)9-18/h7-8,12-13,19H,1-6,9-11H2. The van der Waals surface area contributed by atoms with Gasteiger partial charge in [-0.15, -0.1) is 0 Å². The molecule has 0 amide bonds. The van der Waals surface area contributed by atoms with Gasteiger partial charge in [0.05, 0.1) is 0 Å². The lowest BCUT2D eigenvalue weighted by Crippen LogP contribution is -2.41. The number of fused-ring (bicyclic) bond motifs is 2. The number of aromatic hydroxyl groups is 1. The maximum Gasteiger partial charge on any atom is 0.231 e. The summed E-state index contributed by atoms with van der Waals surface area (Å²) in [5.41, 5.74) is 0.952. The van der Waals surface area contributed by atoms with E-state index in [0.717, 1.165) is 36.2 Å². The number of hydrogen-bond acceptors (Lipinski definition) is 4. The summed E-state index contributed by atoms with van der Waals surface area (Å²) < 4.78 is 10.7. The first-order chi connectivity index (χ1) is 10.3. The lowest BCUT2D eigenvalue weighted by molar-refractivity contribution is 0.0815. The van der Waals surface area contributed by atoms with Crippen molar-refractivity contribution in [3.8, 4) is 17.2 Å². The van der Waals surface area contributed by atoms with E-state index in [9.17, 15) is 5.11 Å². The summed E-state index contributed by atoms with van der Waals surface area (Å²) in [5.74, 6) is 3.55. The molecular formula is C17H23NO3. The van der Waals surface area contributed by atoms with E-state index in [4.69, 9.17) is 9.47 Å². The quantitative estimate of drug-likeness (QED) is 0.908. The number of benzene rings is 1. The molecule has 1 aromatic carbocycles. The zero-order valence-electron chi connectivity index (χ0n) is 12.4. The fourth-order valence-electron chi connectivity index (χ4n) is 4.16. The Morgan fingerprint density at radius 1 is 1.05 bits per heavy atom. The lowest BCUT2D eigenvalue weighted by atomic mass is 9.75. The van der Waals surface area contributed by atoms with Crippen LogP contribution < -0.4 is 9.47 Å². The van der Waals surface area contributed by atoms with E-state index in [-0.39, 0.29) is 6.79 Å². The maximum absolute atomic E-state index is 10.2. The van der Waals surface area contributed by atoms with Gasteiger partial charge in [-0.2, -0.15) is 0 Å². The zero-order chi connectivity index (χ0) is 14.2. The molecule has 2 fully saturated rings. The Hall–Kier alpha value is -1.42. The van der Waals surface area contributed by atoms with Gasteiger partial charge in [0.1, 0.15) is 5.75 Å². The predicted molar refractivity (Wildman–Crippen MR) is 79.6 cm³/mol. The number of phenols is 1. The largest absolute Gasteiger partial charge is 0.507 e. The highest BCUT2D eigenvalue weighted by Crippen LogP contribution is 2.40. The third-order valence-electron chi connectivity index (χ3n) is 5.34. The fourth-order valence-corrected chi connectivity index (χ4v) is 4.16. The van der Waals surface area contributed by atoms with Crippen LogP contribution in [0.4, 0.5) is 0 Å². The van der Waals surface area contributed by atoms with Crippen LogP contribution in [0.2, 0.25) is 0 Å². The number of rotatable bonds is 2. The summed E-state index contributed by atoms with van der Waals surface area (Å²) in [6, 6.07) is 3.62. The third-order valence-corrected chi connectivity index (χ3v) is 5.34. The normalized spacial score (nSPS) is 28.4. The molecule has 0 radical (unpaired) electrons. The highest BCUT2D eigenvalue weighted by molar-refractivity contribution is 5.51. The second-order valence-electron chi connectivity index (χ2n) is 6.66. The van der Waals surface area contributed by atoms with Crippen LogP contribution in [0.1, 0.15) is 37.7 Å². The van der Waals surface area contributed by atoms with Crippen molar-refractivity contribution >= 4 is 0 Å². The Morgan fingerprint density at radius 2 is 1.81 bits per heavy atom. The maximum atomic E-state index is 10.2. The molecule has 21 heavy (non-hydrogen) atoms. The highest BCUT2D eigenvalue weighted by atomic mass is 16.7. The summed E-state index contributed by atoms with van der Waals surface area (Å²) in [6.07, 6.45) is 6.94. The van der Waals surface area contributed by atoms with Gasteiger partial charge in [0.15, 0.2) is 11.5 Å². The number of phenolic OH excluding ortho intramolecular Hbond substituents is 1. The molecule has 1 saturated heterocycles. The summed E-state index contributed by atoms with van der Waals surface area (Å²) >= 11 is 0. The molecule has 114 valence electrons. The topological polar surface area (TPSA) is 41.9 Å². The molecule has 2 heterocycles. The molecule has 1 aromatic rings. The minimum Gasteiger partial charge on any atom is -0.507 e. The monoisotopic (exact) mass is 289 g/mol. The van der Waals surface area contributed by atoms with Crippen molar-refractivity contribution < 1.29 is 14.6 Å². The summed E-state index contributed by atoms with van der Waals surface area (Å²) in [5, 5.41) is 10.2. The Morgan fingerprint density at radius 3 is 2.67 bits per heavy atom. The third kappa shape index (κ3) is 2.57. The first-order valence-electron chi connectivity index (χ1n) is 8.13. The van der Waals surface area contributed by atoms with Crippen LogP contribution in [0.5, 0.6) is 17.2 Å². The molecule has 4 rings (SSSR count). The Kier molecular flexibility index (Phi) is 3.42. The van der Waals surface area contributed by atoms with Crippen LogP contribution in [0.25, 0.3) is 0 Å². The van der Waals surface area contributed by atoms with Crippen LogP contribution in [-0.4, -0.2) is 29.9 Å². The molecule has 1 N–H and O–H groups in total. The van der Waals surface area contributed by atoms with Gasteiger partial charge in [0.2, 0.25) is 6.79 Å².